The Labute approximate surface area is 104 Å². The normalized spacial score (nSPS) is 19.9. The molecule has 2 rings (SSSR count). The molecule has 16 heavy (non-hydrogen) atoms. The van der Waals surface area contributed by atoms with Crippen LogP contribution >= 0.6 is 15.9 Å². The smallest absolute Gasteiger partial charge is 0.119 e. The third-order valence-electron chi connectivity index (χ3n) is 2.55. The van der Waals surface area contributed by atoms with E-state index in [1.54, 1.807) is 0 Å². The molecule has 3 nitrogen and oxygen atoms in total. The third-order valence-corrected chi connectivity index (χ3v) is 3.08. The summed E-state index contributed by atoms with van der Waals surface area (Å²) >= 11 is 3.39. The molecule has 0 aromatic heterocycles. The first-order chi connectivity index (χ1) is 7.84. The average Bonchev–Trinajstić information content (AvgIpc) is 2.80. The molecule has 0 spiro atoms. The lowest BCUT2D eigenvalue weighted by atomic mass is 10.3. The van der Waals surface area contributed by atoms with Crippen LogP contribution in [0.3, 0.4) is 0 Å². The van der Waals surface area contributed by atoms with Crippen LogP contribution in [-0.2, 0) is 4.74 Å². The summed E-state index contributed by atoms with van der Waals surface area (Å²) in [5.41, 5.74) is 0. The van der Waals surface area contributed by atoms with Crippen molar-refractivity contribution in [1.29, 1.82) is 0 Å². The summed E-state index contributed by atoms with van der Waals surface area (Å²) in [6, 6.07) is 8.39. The summed E-state index contributed by atoms with van der Waals surface area (Å²) in [6.07, 6.45) is 1.11. The van der Waals surface area contributed by atoms with E-state index in [-0.39, 0.29) is 0 Å². The summed E-state index contributed by atoms with van der Waals surface area (Å²) in [7, 11) is 0. The number of ether oxygens (including phenoxy) is 2. The molecule has 0 saturated carbocycles. The Balaban J connectivity index is 1.62. The van der Waals surface area contributed by atoms with E-state index in [0.29, 0.717) is 12.6 Å². The topological polar surface area (TPSA) is 30.5 Å². The van der Waals surface area contributed by atoms with Crippen molar-refractivity contribution < 1.29 is 9.47 Å². The van der Waals surface area contributed by atoms with Gasteiger partial charge in [0.25, 0.3) is 0 Å². The SMILES string of the molecule is Brc1ccc(OCCNC2CCOC2)cc1. The van der Waals surface area contributed by atoms with Crippen LogP contribution in [0.4, 0.5) is 0 Å². The van der Waals surface area contributed by atoms with Gasteiger partial charge < -0.3 is 14.8 Å². The zero-order chi connectivity index (χ0) is 11.2. The Bertz CT molecular complexity index is 309. The highest BCUT2D eigenvalue weighted by atomic mass is 79.9. The molecule has 0 amide bonds. The molecule has 1 aromatic rings. The van der Waals surface area contributed by atoms with Gasteiger partial charge in [-0.25, -0.2) is 0 Å². The highest BCUT2D eigenvalue weighted by Gasteiger charge is 2.13. The first-order valence-corrected chi connectivity index (χ1v) is 6.33. The van der Waals surface area contributed by atoms with Crippen molar-refractivity contribution in [2.75, 3.05) is 26.4 Å². The van der Waals surface area contributed by atoms with Gasteiger partial charge in [-0.05, 0) is 30.7 Å². The predicted molar refractivity (Wildman–Crippen MR) is 66.9 cm³/mol. The van der Waals surface area contributed by atoms with E-state index in [1.165, 1.54) is 0 Å². The second-order valence-electron chi connectivity index (χ2n) is 3.82. The molecule has 1 N–H and O–H groups in total. The molecule has 88 valence electrons. The summed E-state index contributed by atoms with van der Waals surface area (Å²) in [5, 5.41) is 3.40. The minimum absolute atomic E-state index is 0.508. The first kappa shape index (κ1) is 11.9. The molecule has 1 aliphatic rings. The molecule has 0 bridgehead atoms. The van der Waals surface area contributed by atoms with Gasteiger partial charge in [-0.15, -0.1) is 0 Å². The second-order valence-corrected chi connectivity index (χ2v) is 4.73. The van der Waals surface area contributed by atoms with Crippen LogP contribution in [0.15, 0.2) is 28.7 Å². The summed E-state index contributed by atoms with van der Waals surface area (Å²) in [6.45, 7) is 3.27. The van der Waals surface area contributed by atoms with Gasteiger partial charge in [0.2, 0.25) is 0 Å². The lowest BCUT2D eigenvalue weighted by molar-refractivity contribution is 0.188. The lowest BCUT2D eigenvalue weighted by Gasteiger charge is -2.11. The highest BCUT2D eigenvalue weighted by Crippen LogP contribution is 2.15. The van der Waals surface area contributed by atoms with E-state index >= 15 is 0 Å². The third kappa shape index (κ3) is 3.77. The largest absolute Gasteiger partial charge is 0.492 e. The zero-order valence-corrected chi connectivity index (χ0v) is 10.7. The Morgan fingerprint density at radius 3 is 2.88 bits per heavy atom. The van der Waals surface area contributed by atoms with Crippen molar-refractivity contribution in [3.8, 4) is 5.75 Å². The van der Waals surface area contributed by atoms with Gasteiger partial charge in [-0.2, -0.15) is 0 Å². The number of benzene rings is 1. The molecular formula is C12H16BrNO2. The number of hydrogen-bond acceptors (Lipinski definition) is 3. The second kappa shape index (κ2) is 6.23. The molecule has 1 heterocycles. The van der Waals surface area contributed by atoms with Gasteiger partial charge in [0.1, 0.15) is 12.4 Å². The first-order valence-electron chi connectivity index (χ1n) is 5.54. The lowest BCUT2D eigenvalue weighted by Crippen LogP contribution is -2.32. The summed E-state index contributed by atoms with van der Waals surface area (Å²) in [4.78, 5) is 0. The number of rotatable bonds is 5. The Hall–Kier alpha value is -0.580. The Kier molecular flexibility index (Phi) is 4.63. The van der Waals surface area contributed by atoms with E-state index in [9.17, 15) is 0 Å². The van der Waals surface area contributed by atoms with Gasteiger partial charge in [-0.1, -0.05) is 15.9 Å². The molecule has 1 aliphatic heterocycles. The van der Waals surface area contributed by atoms with E-state index in [4.69, 9.17) is 9.47 Å². The molecule has 4 heteroatoms. The fraction of sp³-hybridized carbons (Fsp3) is 0.500. The maximum absolute atomic E-state index is 5.60. The molecule has 0 radical (unpaired) electrons. The Morgan fingerprint density at radius 1 is 1.38 bits per heavy atom. The van der Waals surface area contributed by atoms with E-state index in [2.05, 4.69) is 21.2 Å². The van der Waals surface area contributed by atoms with Crippen LogP contribution in [0, 0.1) is 0 Å². The predicted octanol–water partition coefficient (Wildman–Crippen LogP) is 2.21. The molecule has 1 aromatic carbocycles. The number of nitrogens with one attached hydrogen (secondary N) is 1. The minimum atomic E-state index is 0.508. The maximum atomic E-state index is 5.60. The zero-order valence-electron chi connectivity index (χ0n) is 9.12. The quantitative estimate of drug-likeness (QED) is 0.842. The molecule has 0 aliphatic carbocycles. The standard InChI is InChI=1S/C12H16BrNO2/c13-10-1-3-12(4-2-10)16-8-6-14-11-5-7-15-9-11/h1-4,11,14H,5-9H2. The van der Waals surface area contributed by atoms with Crippen LogP contribution in [0.25, 0.3) is 0 Å². The van der Waals surface area contributed by atoms with Crippen LogP contribution in [0.5, 0.6) is 5.75 Å². The van der Waals surface area contributed by atoms with Crippen molar-refractivity contribution in [3.05, 3.63) is 28.7 Å². The maximum Gasteiger partial charge on any atom is 0.119 e. The fourth-order valence-electron chi connectivity index (χ4n) is 1.66. The Morgan fingerprint density at radius 2 is 2.19 bits per heavy atom. The monoisotopic (exact) mass is 285 g/mol. The molecular weight excluding hydrogens is 270 g/mol. The molecule has 1 atom stereocenters. The molecule has 1 saturated heterocycles. The van der Waals surface area contributed by atoms with E-state index < -0.39 is 0 Å². The van der Waals surface area contributed by atoms with Crippen molar-refractivity contribution in [3.63, 3.8) is 0 Å². The van der Waals surface area contributed by atoms with Crippen molar-refractivity contribution in [1.82, 2.24) is 5.32 Å². The minimum Gasteiger partial charge on any atom is -0.492 e. The van der Waals surface area contributed by atoms with Crippen molar-refractivity contribution in [2.24, 2.45) is 0 Å². The number of hydrogen-bond donors (Lipinski definition) is 1. The van der Waals surface area contributed by atoms with Gasteiger partial charge in [0, 0.05) is 23.7 Å². The van der Waals surface area contributed by atoms with Crippen LogP contribution in [-0.4, -0.2) is 32.4 Å². The van der Waals surface area contributed by atoms with Crippen molar-refractivity contribution >= 4 is 15.9 Å². The van der Waals surface area contributed by atoms with Crippen LogP contribution in [0.2, 0.25) is 0 Å². The summed E-state index contributed by atoms with van der Waals surface area (Å²) in [5.74, 6) is 0.910. The average molecular weight is 286 g/mol. The van der Waals surface area contributed by atoms with E-state index in [0.717, 1.165) is 36.4 Å². The molecule has 1 unspecified atom stereocenters. The number of halogens is 1. The van der Waals surface area contributed by atoms with Gasteiger partial charge >= 0.3 is 0 Å². The van der Waals surface area contributed by atoms with E-state index in [1.807, 2.05) is 24.3 Å². The van der Waals surface area contributed by atoms with Crippen LogP contribution < -0.4 is 10.1 Å². The van der Waals surface area contributed by atoms with Gasteiger partial charge in [0.15, 0.2) is 0 Å². The highest BCUT2D eigenvalue weighted by molar-refractivity contribution is 9.10. The fourth-order valence-corrected chi connectivity index (χ4v) is 1.92. The van der Waals surface area contributed by atoms with Gasteiger partial charge in [-0.3, -0.25) is 0 Å². The molecule has 1 fully saturated rings. The van der Waals surface area contributed by atoms with Crippen molar-refractivity contribution in [2.45, 2.75) is 12.5 Å². The summed E-state index contributed by atoms with van der Waals surface area (Å²) < 4.78 is 11.9. The van der Waals surface area contributed by atoms with Crippen LogP contribution in [0.1, 0.15) is 6.42 Å². The van der Waals surface area contributed by atoms with Gasteiger partial charge in [0.05, 0.1) is 6.61 Å².